The number of carbonyl (C=O) groups is 1. The van der Waals surface area contributed by atoms with E-state index in [9.17, 15) is 4.79 Å². The van der Waals surface area contributed by atoms with Gasteiger partial charge in [0, 0.05) is 22.7 Å². The number of aromatic nitrogens is 2. The molecule has 0 bridgehead atoms. The standard InChI is InChI=1S/C20H26N2OS/c1-7-22-14(4)16(11-21-22)18(23)15-10-12(2)19-17(13(15)3)20(5,6)8-9-24-19/h10-11H,7-9H2,1-6H3. The predicted molar refractivity (Wildman–Crippen MR) is 100 cm³/mol. The summed E-state index contributed by atoms with van der Waals surface area (Å²) in [5.41, 5.74) is 6.35. The van der Waals surface area contributed by atoms with Crippen LogP contribution in [0.2, 0.25) is 0 Å². The van der Waals surface area contributed by atoms with Crippen molar-refractivity contribution in [1.82, 2.24) is 9.78 Å². The molecule has 3 rings (SSSR count). The fourth-order valence-corrected chi connectivity index (χ4v) is 5.47. The summed E-state index contributed by atoms with van der Waals surface area (Å²) in [4.78, 5) is 14.6. The number of hydrogen-bond acceptors (Lipinski definition) is 3. The van der Waals surface area contributed by atoms with Gasteiger partial charge in [-0.05, 0) is 68.0 Å². The van der Waals surface area contributed by atoms with E-state index < -0.39 is 0 Å². The molecule has 2 aromatic rings. The van der Waals surface area contributed by atoms with E-state index in [0.717, 1.165) is 41.1 Å². The van der Waals surface area contributed by atoms with Gasteiger partial charge in [0.25, 0.3) is 0 Å². The molecule has 0 fully saturated rings. The average molecular weight is 343 g/mol. The van der Waals surface area contributed by atoms with Gasteiger partial charge in [-0.25, -0.2) is 0 Å². The molecule has 0 N–H and O–H groups in total. The highest BCUT2D eigenvalue weighted by Gasteiger charge is 2.33. The van der Waals surface area contributed by atoms with E-state index in [1.54, 1.807) is 6.20 Å². The molecule has 0 saturated heterocycles. The Kier molecular flexibility index (Phi) is 4.37. The van der Waals surface area contributed by atoms with E-state index in [-0.39, 0.29) is 11.2 Å². The molecule has 0 atom stereocenters. The molecule has 1 aliphatic rings. The lowest BCUT2D eigenvalue weighted by atomic mass is 9.77. The minimum absolute atomic E-state index is 0.0990. The van der Waals surface area contributed by atoms with Crippen LogP contribution in [0.3, 0.4) is 0 Å². The molecule has 0 radical (unpaired) electrons. The lowest BCUT2D eigenvalue weighted by Crippen LogP contribution is -2.26. The number of fused-ring (bicyclic) bond motifs is 1. The van der Waals surface area contributed by atoms with E-state index in [1.165, 1.54) is 16.0 Å². The molecule has 1 aromatic heterocycles. The van der Waals surface area contributed by atoms with Crippen molar-refractivity contribution in [3.05, 3.63) is 45.8 Å². The van der Waals surface area contributed by atoms with Gasteiger partial charge in [0.15, 0.2) is 5.78 Å². The summed E-state index contributed by atoms with van der Waals surface area (Å²) in [5.74, 6) is 1.25. The Hall–Kier alpha value is -1.55. The Morgan fingerprint density at radius 1 is 1.29 bits per heavy atom. The van der Waals surface area contributed by atoms with Crippen molar-refractivity contribution in [1.29, 1.82) is 0 Å². The molecule has 1 aliphatic heterocycles. The van der Waals surface area contributed by atoms with Gasteiger partial charge >= 0.3 is 0 Å². The first-order valence-electron chi connectivity index (χ1n) is 8.62. The number of nitrogens with zero attached hydrogens (tertiary/aromatic N) is 2. The van der Waals surface area contributed by atoms with Gasteiger partial charge in [0.1, 0.15) is 0 Å². The molecule has 0 amide bonds. The first-order chi connectivity index (χ1) is 11.3. The molecule has 1 aromatic carbocycles. The lowest BCUT2D eigenvalue weighted by Gasteiger charge is -2.35. The second-order valence-corrected chi connectivity index (χ2v) is 8.45. The number of aryl methyl sites for hydroxylation is 2. The molecule has 3 nitrogen and oxygen atoms in total. The summed E-state index contributed by atoms with van der Waals surface area (Å²) >= 11 is 1.93. The average Bonchev–Trinajstić information content (AvgIpc) is 2.90. The molecule has 0 aliphatic carbocycles. The zero-order chi connectivity index (χ0) is 17.6. The van der Waals surface area contributed by atoms with Crippen LogP contribution in [-0.2, 0) is 12.0 Å². The highest BCUT2D eigenvalue weighted by molar-refractivity contribution is 7.99. The van der Waals surface area contributed by atoms with Crippen molar-refractivity contribution in [3.63, 3.8) is 0 Å². The summed E-state index contributed by atoms with van der Waals surface area (Å²) < 4.78 is 1.88. The van der Waals surface area contributed by atoms with Crippen LogP contribution in [0.1, 0.15) is 65.5 Å². The fraction of sp³-hybridized carbons (Fsp3) is 0.500. The van der Waals surface area contributed by atoms with Crippen LogP contribution in [0.25, 0.3) is 0 Å². The lowest BCUT2D eigenvalue weighted by molar-refractivity contribution is 0.103. The maximum absolute atomic E-state index is 13.2. The van der Waals surface area contributed by atoms with Crippen molar-refractivity contribution >= 4 is 17.5 Å². The third-order valence-electron chi connectivity index (χ3n) is 5.27. The monoisotopic (exact) mass is 342 g/mol. The fourth-order valence-electron chi connectivity index (χ4n) is 3.80. The van der Waals surface area contributed by atoms with Crippen LogP contribution in [0.15, 0.2) is 17.2 Å². The molecule has 2 heterocycles. The topological polar surface area (TPSA) is 34.9 Å². The Labute approximate surface area is 148 Å². The zero-order valence-electron chi connectivity index (χ0n) is 15.5. The van der Waals surface area contributed by atoms with Crippen molar-refractivity contribution < 1.29 is 4.79 Å². The third kappa shape index (κ3) is 2.61. The number of ketones is 1. The summed E-state index contributed by atoms with van der Waals surface area (Å²) in [6, 6.07) is 2.08. The van der Waals surface area contributed by atoms with Crippen LogP contribution in [0.5, 0.6) is 0 Å². The summed E-state index contributed by atoms with van der Waals surface area (Å²) in [7, 11) is 0. The third-order valence-corrected chi connectivity index (χ3v) is 6.49. The SMILES string of the molecule is CCn1ncc(C(=O)c2cc(C)c3c(c2C)C(C)(C)CCS3)c1C. The maximum Gasteiger partial charge on any atom is 0.196 e. The zero-order valence-corrected chi connectivity index (χ0v) is 16.3. The first kappa shape index (κ1) is 17.3. The maximum atomic E-state index is 13.2. The number of hydrogen-bond donors (Lipinski definition) is 0. The van der Waals surface area contributed by atoms with Crippen LogP contribution in [-0.4, -0.2) is 21.3 Å². The first-order valence-corrected chi connectivity index (χ1v) is 9.61. The second kappa shape index (κ2) is 6.07. The molecule has 24 heavy (non-hydrogen) atoms. The van der Waals surface area contributed by atoms with Gasteiger partial charge in [0.05, 0.1) is 11.8 Å². The Morgan fingerprint density at radius 2 is 2.00 bits per heavy atom. The summed E-state index contributed by atoms with van der Waals surface area (Å²) in [5, 5.41) is 4.34. The van der Waals surface area contributed by atoms with Gasteiger partial charge in [-0.15, -0.1) is 11.8 Å². The van der Waals surface area contributed by atoms with Crippen molar-refractivity contribution in [2.45, 2.75) is 64.8 Å². The minimum Gasteiger partial charge on any atom is -0.288 e. The minimum atomic E-state index is 0.0990. The van der Waals surface area contributed by atoms with Crippen LogP contribution >= 0.6 is 11.8 Å². The molecule has 0 saturated carbocycles. The van der Waals surface area contributed by atoms with Gasteiger partial charge in [0.2, 0.25) is 0 Å². The second-order valence-electron chi connectivity index (χ2n) is 7.34. The van der Waals surface area contributed by atoms with Gasteiger partial charge in [-0.3, -0.25) is 9.48 Å². The molecular formula is C20H26N2OS. The van der Waals surface area contributed by atoms with Gasteiger partial charge < -0.3 is 0 Å². The van der Waals surface area contributed by atoms with Crippen LogP contribution in [0, 0.1) is 20.8 Å². The normalized spacial score (nSPS) is 16.1. The van der Waals surface area contributed by atoms with E-state index >= 15 is 0 Å². The molecule has 4 heteroatoms. The van der Waals surface area contributed by atoms with Gasteiger partial charge in [-0.2, -0.15) is 5.10 Å². The van der Waals surface area contributed by atoms with E-state index in [2.05, 4.69) is 38.9 Å². The quantitative estimate of drug-likeness (QED) is 0.749. The number of carbonyl (C=O) groups excluding carboxylic acids is 1. The predicted octanol–water partition coefficient (Wildman–Crippen LogP) is 4.83. The van der Waals surface area contributed by atoms with Crippen molar-refractivity contribution in [2.75, 3.05) is 5.75 Å². The largest absolute Gasteiger partial charge is 0.288 e. The number of benzene rings is 1. The van der Waals surface area contributed by atoms with E-state index in [4.69, 9.17) is 0 Å². The Bertz CT molecular complexity index is 818. The van der Waals surface area contributed by atoms with Crippen LogP contribution < -0.4 is 0 Å². The highest BCUT2D eigenvalue weighted by atomic mass is 32.2. The molecular weight excluding hydrogens is 316 g/mol. The molecule has 0 spiro atoms. The summed E-state index contributed by atoms with van der Waals surface area (Å²) in [6.07, 6.45) is 2.87. The number of rotatable bonds is 3. The van der Waals surface area contributed by atoms with Crippen LogP contribution in [0.4, 0.5) is 0 Å². The van der Waals surface area contributed by atoms with E-state index in [0.29, 0.717) is 0 Å². The Morgan fingerprint density at radius 3 is 2.62 bits per heavy atom. The molecule has 0 unspecified atom stereocenters. The van der Waals surface area contributed by atoms with Gasteiger partial charge in [-0.1, -0.05) is 13.8 Å². The Balaban J connectivity index is 2.17. The van der Waals surface area contributed by atoms with Crippen molar-refractivity contribution in [3.8, 4) is 0 Å². The van der Waals surface area contributed by atoms with E-state index in [1.807, 2.05) is 30.3 Å². The molecule has 128 valence electrons. The summed E-state index contributed by atoms with van der Waals surface area (Å²) in [6.45, 7) is 13.6. The smallest absolute Gasteiger partial charge is 0.196 e. The van der Waals surface area contributed by atoms with Crippen molar-refractivity contribution in [2.24, 2.45) is 0 Å². The number of thioether (sulfide) groups is 1. The highest BCUT2D eigenvalue weighted by Crippen LogP contribution is 2.45.